The van der Waals surface area contributed by atoms with Gasteiger partial charge in [-0.25, -0.2) is 0 Å². The van der Waals surface area contributed by atoms with Crippen molar-refractivity contribution in [2.45, 2.75) is 76.7 Å². The van der Waals surface area contributed by atoms with Crippen LogP contribution in [0.5, 0.6) is 0 Å². The van der Waals surface area contributed by atoms with Gasteiger partial charge in [0.05, 0.1) is 0 Å². The monoisotopic (exact) mass is 304 g/mol. The third-order valence-corrected chi connectivity index (χ3v) is 5.04. The molecule has 1 unspecified atom stereocenters. The lowest BCUT2D eigenvalue weighted by Gasteiger charge is -2.32. The van der Waals surface area contributed by atoms with Gasteiger partial charge in [0.2, 0.25) is 0 Å². The van der Waals surface area contributed by atoms with Crippen molar-refractivity contribution >= 4 is 0 Å². The van der Waals surface area contributed by atoms with Crippen molar-refractivity contribution in [2.24, 2.45) is 0 Å². The van der Waals surface area contributed by atoms with Crippen LogP contribution in [-0.4, -0.2) is 37.1 Å². The van der Waals surface area contributed by atoms with Gasteiger partial charge in [-0.2, -0.15) is 0 Å². The molecule has 1 N–H and O–H groups in total. The van der Waals surface area contributed by atoms with E-state index in [1.807, 2.05) is 0 Å². The summed E-state index contributed by atoms with van der Waals surface area (Å²) in [5.41, 5.74) is 0. The molecule has 22 heavy (non-hydrogen) atoms. The fourth-order valence-corrected chi connectivity index (χ4v) is 3.72. The molecule has 0 bridgehead atoms. The molecule has 1 atom stereocenters. The third kappa shape index (κ3) is 7.60. The molecule has 2 nitrogen and oxygen atoms in total. The first kappa shape index (κ1) is 17.7. The lowest BCUT2D eigenvalue weighted by molar-refractivity contribution is 0.168. The maximum Gasteiger partial charge on any atom is 0.0134 e. The molecule has 0 fully saturated rings. The number of hydrogen-bond donors (Lipinski definition) is 1. The van der Waals surface area contributed by atoms with E-state index in [1.165, 1.54) is 83.7 Å². The molecule has 0 amide bonds. The Hall–Kier alpha value is -0.600. The van der Waals surface area contributed by atoms with E-state index in [0.29, 0.717) is 0 Å². The van der Waals surface area contributed by atoms with E-state index in [2.05, 4.69) is 34.5 Å². The highest BCUT2D eigenvalue weighted by molar-refractivity contribution is 4.86. The Bertz CT molecular complexity index is 290. The molecule has 0 radical (unpaired) electrons. The molecule has 0 spiro atoms. The molecule has 2 rings (SSSR count). The average Bonchev–Trinajstić information content (AvgIpc) is 2.64. The van der Waals surface area contributed by atoms with Gasteiger partial charge in [-0.1, -0.05) is 37.1 Å². The Morgan fingerprint density at radius 2 is 1.41 bits per heavy atom. The van der Waals surface area contributed by atoms with E-state index in [9.17, 15) is 0 Å². The summed E-state index contributed by atoms with van der Waals surface area (Å²) in [7, 11) is 0. The molecule has 0 saturated heterocycles. The summed E-state index contributed by atoms with van der Waals surface area (Å²) in [6.45, 7) is 4.80. The Balaban J connectivity index is 1.87. The first-order chi connectivity index (χ1) is 11.0. The minimum absolute atomic E-state index is 0.830. The molecular weight excluding hydrogens is 268 g/mol. The number of nitrogens with one attached hydrogen (secondary N) is 1. The molecule has 0 saturated carbocycles. The highest BCUT2D eigenvalue weighted by Gasteiger charge is 2.17. The maximum absolute atomic E-state index is 3.53. The maximum atomic E-state index is 3.53. The first-order valence-corrected chi connectivity index (χ1v) is 9.71. The van der Waals surface area contributed by atoms with Crippen molar-refractivity contribution in [3.63, 3.8) is 0 Å². The number of nitrogens with zero attached hydrogens (tertiary/aromatic N) is 1. The quantitative estimate of drug-likeness (QED) is 0.708. The van der Waals surface area contributed by atoms with Crippen LogP contribution in [0.1, 0.15) is 70.6 Å². The third-order valence-electron chi connectivity index (χ3n) is 5.04. The van der Waals surface area contributed by atoms with Crippen LogP contribution >= 0.6 is 0 Å². The molecule has 2 aliphatic rings. The summed E-state index contributed by atoms with van der Waals surface area (Å²) in [4.78, 5) is 2.82. The van der Waals surface area contributed by atoms with Crippen LogP contribution in [-0.2, 0) is 0 Å². The van der Waals surface area contributed by atoms with Gasteiger partial charge in [-0.3, -0.25) is 0 Å². The highest BCUT2D eigenvalue weighted by atomic mass is 15.1. The van der Waals surface area contributed by atoms with E-state index in [-0.39, 0.29) is 0 Å². The van der Waals surface area contributed by atoms with Gasteiger partial charge in [0.1, 0.15) is 0 Å². The molecule has 0 aromatic carbocycles. The molecule has 0 aromatic heterocycles. The van der Waals surface area contributed by atoms with E-state index >= 15 is 0 Å². The number of rotatable bonds is 1. The SMILES string of the molecule is C1=CCCCC(N2CCCC=CCNCCC2)CCCCC1. The van der Waals surface area contributed by atoms with E-state index in [1.54, 1.807) is 0 Å². The molecule has 126 valence electrons. The largest absolute Gasteiger partial charge is 0.313 e. The molecular formula is C20H36N2. The van der Waals surface area contributed by atoms with Gasteiger partial charge in [-0.05, 0) is 77.4 Å². The zero-order chi connectivity index (χ0) is 15.3. The van der Waals surface area contributed by atoms with Crippen LogP contribution in [0, 0.1) is 0 Å². The minimum atomic E-state index is 0.830. The predicted molar refractivity (Wildman–Crippen MR) is 97.3 cm³/mol. The van der Waals surface area contributed by atoms with Crippen LogP contribution in [0.3, 0.4) is 0 Å². The van der Waals surface area contributed by atoms with Crippen molar-refractivity contribution in [1.82, 2.24) is 10.2 Å². The zero-order valence-corrected chi connectivity index (χ0v) is 14.4. The van der Waals surface area contributed by atoms with Crippen LogP contribution in [0.25, 0.3) is 0 Å². The van der Waals surface area contributed by atoms with Gasteiger partial charge in [0.15, 0.2) is 0 Å². The second kappa shape index (κ2) is 11.9. The van der Waals surface area contributed by atoms with Crippen LogP contribution in [0.2, 0.25) is 0 Å². The summed E-state index contributed by atoms with van der Waals surface area (Å²) in [6, 6.07) is 0.830. The van der Waals surface area contributed by atoms with Gasteiger partial charge < -0.3 is 10.2 Å². The summed E-state index contributed by atoms with van der Waals surface area (Å²) in [5, 5.41) is 3.53. The van der Waals surface area contributed by atoms with Crippen molar-refractivity contribution in [2.75, 3.05) is 26.2 Å². The smallest absolute Gasteiger partial charge is 0.0134 e. The van der Waals surface area contributed by atoms with Crippen molar-refractivity contribution in [3.8, 4) is 0 Å². The topological polar surface area (TPSA) is 15.3 Å². The molecule has 1 heterocycles. The average molecular weight is 305 g/mol. The fraction of sp³-hybridized carbons (Fsp3) is 0.800. The summed E-state index contributed by atoms with van der Waals surface area (Å²) < 4.78 is 0. The normalized spacial score (nSPS) is 27.7. The van der Waals surface area contributed by atoms with Gasteiger partial charge in [0, 0.05) is 12.6 Å². The predicted octanol–water partition coefficient (Wildman–Crippen LogP) is 4.68. The van der Waals surface area contributed by atoms with Gasteiger partial charge in [-0.15, -0.1) is 0 Å². The van der Waals surface area contributed by atoms with Crippen LogP contribution < -0.4 is 5.32 Å². The zero-order valence-electron chi connectivity index (χ0n) is 14.4. The van der Waals surface area contributed by atoms with Crippen molar-refractivity contribution in [1.29, 1.82) is 0 Å². The van der Waals surface area contributed by atoms with E-state index < -0.39 is 0 Å². The molecule has 1 aliphatic carbocycles. The Morgan fingerprint density at radius 3 is 2.36 bits per heavy atom. The first-order valence-electron chi connectivity index (χ1n) is 9.71. The number of allylic oxidation sites excluding steroid dienone is 3. The Morgan fingerprint density at radius 1 is 0.682 bits per heavy atom. The van der Waals surface area contributed by atoms with Crippen molar-refractivity contribution < 1.29 is 0 Å². The van der Waals surface area contributed by atoms with Crippen LogP contribution in [0.15, 0.2) is 24.3 Å². The summed E-state index contributed by atoms with van der Waals surface area (Å²) in [5.74, 6) is 0. The number of hydrogen-bond acceptors (Lipinski definition) is 2. The van der Waals surface area contributed by atoms with E-state index in [4.69, 9.17) is 0 Å². The lowest BCUT2D eigenvalue weighted by Crippen LogP contribution is -2.38. The van der Waals surface area contributed by atoms with Gasteiger partial charge >= 0.3 is 0 Å². The molecule has 2 heteroatoms. The van der Waals surface area contributed by atoms with Crippen LogP contribution in [0.4, 0.5) is 0 Å². The minimum Gasteiger partial charge on any atom is -0.313 e. The second-order valence-corrected chi connectivity index (χ2v) is 6.90. The highest BCUT2D eigenvalue weighted by Crippen LogP contribution is 2.19. The standard InChI is InChI=1S/C20H36N2/c1-2-4-6-10-15-20(14-9-5-3-1)22-18-12-8-7-11-16-21-17-13-19-22/h1,3,7,11,20-21H,2,4-6,8-10,12-19H2. The molecule has 1 aliphatic heterocycles. The Kier molecular flexibility index (Phi) is 9.60. The lowest BCUT2D eigenvalue weighted by atomic mass is 10.0. The van der Waals surface area contributed by atoms with E-state index in [0.717, 1.165) is 19.1 Å². The second-order valence-electron chi connectivity index (χ2n) is 6.90. The van der Waals surface area contributed by atoms with Gasteiger partial charge in [0.25, 0.3) is 0 Å². The summed E-state index contributed by atoms with van der Waals surface area (Å²) >= 11 is 0. The fourth-order valence-electron chi connectivity index (χ4n) is 3.72. The Labute approximate surface area is 138 Å². The molecule has 0 aromatic rings. The van der Waals surface area contributed by atoms with Crippen molar-refractivity contribution in [3.05, 3.63) is 24.3 Å². The summed E-state index contributed by atoms with van der Waals surface area (Å²) in [6.07, 6.45) is 24.4.